The van der Waals surface area contributed by atoms with Crippen molar-refractivity contribution in [3.63, 3.8) is 0 Å². The molecule has 1 atom stereocenters. The molecular formula is C14H19F3N4O. The summed E-state index contributed by atoms with van der Waals surface area (Å²) in [5, 5.41) is 7.93. The molecule has 1 aromatic rings. The quantitative estimate of drug-likeness (QED) is 0.442. The largest absolute Gasteiger partial charge is 0.354 e. The Bertz CT molecular complexity index is 563. The van der Waals surface area contributed by atoms with E-state index in [4.69, 9.17) is 0 Å². The summed E-state index contributed by atoms with van der Waals surface area (Å²) in [5.41, 5.74) is -0.421. The van der Waals surface area contributed by atoms with E-state index >= 15 is 0 Å². The highest BCUT2D eigenvalue weighted by Gasteiger charge is 2.15. The van der Waals surface area contributed by atoms with Crippen molar-refractivity contribution in [3.8, 4) is 0 Å². The highest BCUT2D eigenvalue weighted by Crippen LogP contribution is 2.19. The van der Waals surface area contributed by atoms with Crippen LogP contribution in [0.3, 0.4) is 0 Å². The predicted octanol–water partition coefficient (Wildman–Crippen LogP) is 2.01. The first-order valence-electron chi connectivity index (χ1n) is 6.79. The Kier molecular flexibility index (Phi) is 6.68. The van der Waals surface area contributed by atoms with Crippen molar-refractivity contribution in [3.05, 3.63) is 29.6 Å². The fourth-order valence-corrected chi connectivity index (χ4v) is 1.51. The molecule has 1 unspecified atom stereocenters. The van der Waals surface area contributed by atoms with Crippen LogP contribution in [0.5, 0.6) is 0 Å². The van der Waals surface area contributed by atoms with Gasteiger partial charge in [0.25, 0.3) is 0 Å². The van der Waals surface area contributed by atoms with Crippen molar-refractivity contribution in [2.75, 3.05) is 18.9 Å². The lowest BCUT2D eigenvalue weighted by molar-refractivity contribution is -0.115. The Morgan fingerprint density at radius 1 is 1.27 bits per heavy atom. The molecule has 122 valence electrons. The molecule has 1 amide bonds. The van der Waals surface area contributed by atoms with Gasteiger partial charge in [-0.1, -0.05) is 6.92 Å². The Labute approximate surface area is 127 Å². The summed E-state index contributed by atoms with van der Waals surface area (Å²) in [6.45, 7) is 3.74. The second-order valence-electron chi connectivity index (χ2n) is 4.65. The van der Waals surface area contributed by atoms with Gasteiger partial charge in [0.05, 0.1) is 12.2 Å². The zero-order valence-electron chi connectivity index (χ0n) is 12.6. The molecule has 0 aliphatic heterocycles. The molecule has 5 nitrogen and oxygen atoms in total. The minimum atomic E-state index is -1.62. The van der Waals surface area contributed by atoms with Gasteiger partial charge in [-0.25, -0.2) is 13.2 Å². The summed E-state index contributed by atoms with van der Waals surface area (Å²) >= 11 is 0. The number of guanidine groups is 1. The molecule has 1 aromatic carbocycles. The van der Waals surface area contributed by atoms with Gasteiger partial charge in [-0.05, 0) is 25.5 Å². The zero-order chi connectivity index (χ0) is 16.7. The maximum absolute atomic E-state index is 13.4. The Hall–Kier alpha value is -2.25. The number of carbonyl (C=O) groups is 1. The van der Waals surface area contributed by atoms with E-state index in [0.717, 1.165) is 18.6 Å². The van der Waals surface area contributed by atoms with Gasteiger partial charge in [-0.3, -0.25) is 9.79 Å². The van der Waals surface area contributed by atoms with Crippen LogP contribution in [0.4, 0.5) is 18.9 Å². The molecule has 22 heavy (non-hydrogen) atoms. The number of rotatable bonds is 5. The van der Waals surface area contributed by atoms with Crippen molar-refractivity contribution in [2.24, 2.45) is 4.99 Å². The second kappa shape index (κ2) is 8.26. The van der Waals surface area contributed by atoms with Gasteiger partial charge in [0.2, 0.25) is 5.91 Å². The first kappa shape index (κ1) is 17.8. The van der Waals surface area contributed by atoms with E-state index in [1.54, 1.807) is 7.05 Å². The van der Waals surface area contributed by atoms with Gasteiger partial charge in [-0.15, -0.1) is 0 Å². The van der Waals surface area contributed by atoms with Crippen molar-refractivity contribution in [1.82, 2.24) is 10.6 Å². The van der Waals surface area contributed by atoms with E-state index in [0.29, 0.717) is 5.96 Å². The molecule has 0 saturated carbocycles. The third-order valence-electron chi connectivity index (χ3n) is 2.94. The minimum absolute atomic E-state index is 0.165. The van der Waals surface area contributed by atoms with Crippen molar-refractivity contribution in [1.29, 1.82) is 0 Å². The molecular weight excluding hydrogens is 297 g/mol. The summed E-state index contributed by atoms with van der Waals surface area (Å²) in [7, 11) is 1.55. The second-order valence-corrected chi connectivity index (χ2v) is 4.65. The topological polar surface area (TPSA) is 65.5 Å². The van der Waals surface area contributed by atoms with E-state index in [-0.39, 0.29) is 12.6 Å². The number of hydrogen-bond donors (Lipinski definition) is 3. The molecule has 3 N–H and O–H groups in total. The maximum Gasteiger partial charge on any atom is 0.243 e. The molecule has 0 aromatic heterocycles. The number of benzene rings is 1. The number of nitrogens with zero attached hydrogens (tertiary/aromatic N) is 1. The number of hydrogen-bond acceptors (Lipinski definition) is 2. The summed E-state index contributed by atoms with van der Waals surface area (Å²) in [5.74, 6) is -4.57. The predicted molar refractivity (Wildman–Crippen MR) is 79.2 cm³/mol. The SMILES string of the molecule is CCC(C)NC(=NC)NCC(=O)Nc1ccc(F)c(F)c1F. The fraction of sp³-hybridized carbons (Fsp3) is 0.429. The lowest BCUT2D eigenvalue weighted by atomic mass is 10.2. The highest BCUT2D eigenvalue weighted by molar-refractivity contribution is 5.95. The number of aliphatic imine (C=N–C) groups is 1. The smallest absolute Gasteiger partial charge is 0.243 e. The zero-order valence-corrected chi connectivity index (χ0v) is 12.6. The summed E-state index contributed by atoms with van der Waals surface area (Å²) < 4.78 is 39.3. The van der Waals surface area contributed by atoms with Crippen molar-refractivity contribution < 1.29 is 18.0 Å². The van der Waals surface area contributed by atoms with Crippen LogP contribution < -0.4 is 16.0 Å². The van der Waals surface area contributed by atoms with E-state index in [1.807, 2.05) is 13.8 Å². The van der Waals surface area contributed by atoms with E-state index < -0.39 is 29.0 Å². The van der Waals surface area contributed by atoms with Crippen LogP contribution in [0.15, 0.2) is 17.1 Å². The average molecular weight is 316 g/mol. The summed E-state index contributed by atoms with van der Waals surface area (Å²) in [6, 6.07) is 1.86. The van der Waals surface area contributed by atoms with E-state index in [1.165, 1.54) is 0 Å². The standard InChI is InChI=1S/C14H19F3N4O/c1-4-8(2)20-14(18-3)19-7-11(22)21-10-6-5-9(15)12(16)13(10)17/h5-6,8H,4,7H2,1-3H3,(H,21,22)(H2,18,19,20). The third-order valence-corrected chi connectivity index (χ3v) is 2.94. The first-order chi connectivity index (χ1) is 10.4. The highest BCUT2D eigenvalue weighted by atomic mass is 19.2. The summed E-state index contributed by atoms with van der Waals surface area (Å²) in [4.78, 5) is 15.6. The molecule has 0 fully saturated rings. The number of amides is 1. The van der Waals surface area contributed by atoms with Crippen LogP contribution in [0.2, 0.25) is 0 Å². The van der Waals surface area contributed by atoms with E-state index in [2.05, 4.69) is 20.9 Å². The van der Waals surface area contributed by atoms with Crippen molar-refractivity contribution >= 4 is 17.6 Å². The molecule has 0 aliphatic carbocycles. The van der Waals surface area contributed by atoms with Gasteiger partial charge in [0, 0.05) is 13.1 Å². The van der Waals surface area contributed by atoms with Crippen LogP contribution in [-0.2, 0) is 4.79 Å². The molecule has 0 radical (unpaired) electrons. The Balaban J connectivity index is 2.58. The van der Waals surface area contributed by atoms with E-state index in [9.17, 15) is 18.0 Å². The van der Waals surface area contributed by atoms with Crippen molar-refractivity contribution in [2.45, 2.75) is 26.3 Å². The summed E-state index contributed by atoms with van der Waals surface area (Å²) in [6.07, 6.45) is 0.868. The Morgan fingerprint density at radius 3 is 2.55 bits per heavy atom. The monoisotopic (exact) mass is 316 g/mol. The van der Waals surface area contributed by atoms with Gasteiger partial charge >= 0.3 is 0 Å². The molecule has 0 saturated heterocycles. The van der Waals surface area contributed by atoms with Gasteiger partial charge in [-0.2, -0.15) is 0 Å². The van der Waals surface area contributed by atoms with Crippen LogP contribution >= 0.6 is 0 Å². The fourth-order valence-electron chi connectivity index (χ4n) is 1.51. The molecule has 8 heteroatoms. The lowest BCUT2D eigenvalue weighted by Crippen LogP contribution is -2.44. The van der Waals surface area contributed by atoms with Crippen LogP contribution in [0.25, 0.3) is 0 Å². The van der Waals surface area contributed by atoms with Gasteiger partial charge in [0.15, 0.2) is 23.4 Å². The third kappa shape index (κ3) is 4.94. The maximum atomic E-state index is 13.4. The molecule has 0 heterocycles. The number of nitrogens with one attached hydrogen (secondary N) is 3. The van der Waals surface area contributed by atoms with Crippen LogP contribution in [-0.4, -0.2) is 31.5 Å². The van der Waals surface area contributed by atoms with Crippen LogP contribution in [0.1, 0.15) is 20.3 Å². The molecule has 0 bridgehead atoms. The number of halogens is 3. The molecule has 1 rings (SSSR count). The number of carbonyl (C=O) groups excluding carboxylic acids is 1. The lowest BCUT2D eigenvalue weighted by Gasteiger charge is -2.16. The van der Waals surface area contributed by atoms with Gasteiger partial charge in [0.1, 0.15) is 0 Å². The van der Waals surface area contributed by atoms with Gasteiger partial charge < -0.3 is 16.0 Å². The normalized spacial score (nSPS) is 12.7. The first-order valence-corrected chi connectivity index (χ1v) is 6.79. The Morgan fingerprint density at radius 2 is 1.95 bits per heavy atom. The molecule has 0 aliphatic rings. The van der Waals surface area contributed by atoms with Crippen LogP contribution in [0, 0.1) is 17.5 Å². The number of anilines is 1. The average Bonchev–Trinajstić information content (AvgIpc) is 2.51. The minimum Gasteiger partial charge on any atom is -0.354 e. The molecule has 0 spiro atoms.